The van der Waals surface area contributed by atoms with E-state index in [9.17, 15) is 14.7 Å². The van der Waals surface area contributed by atoms with Crippen molar-refractivity contribution in [3.05, 3.63) is 35.9 Å². The number of ether oxygens (including phenoxy) is 3. The summed E-state index contributed by atoms with van der Waals surface area (Å²) in [5.74, 6) is -1.72. The van der Waals surface area contributed by atoms with Crippen LogP contribution in [0.4, 0.5) is 0 Å². The second kappa shape index (κ2) is 6.52. The molecule has 0 saturated carbocycles. The maximum Gasteiger partial charge on any atom is 0.310 e. The van der Waals surface area contributed by atoms with Crippen molar-refractivity contribution in [2.45, 2.75) is 18.8 Å². The summed E-state index contributed by atoms with van der Waals surface area (Å²) < 4.78 is 15.9. The van der Waals surface area contributed by atoms with Crippen molar-refractivity contribution in [2.24, 2.45) is 11.8 Å². The third-order valence-electron chi connectivity index (χ3n) is 4.40. The molecule has 2 heterocycles. The van der Waals surface area contributed by atoms with Crippen molar-refractivity contribution >= 4 is 11.9 Å². The largest absolute Gasteiger partial charge is 0.493 e. The maximum absolute atomic E-state index is 12.5. The molecule has 7 heteroatoms. The average Bonchev–Trinajstić information content (AvgIpc) is 3.20. The highest BCUT2D eigenvalue weighted by atomic mass is 16.5. The van der Waals surface area contributed by atoms with Crippen molar-refractivity contribution in [3.63, 3.8) is 0 Å². The predicted octanol–water partition coefficient (Wildman–Crippen LogP) is 0.974. The third-order valence-corrected chi connectivity index (χ3v) is 4.40. The molecular formula is C17H19NO6. The number of carboxylic acids is 1. The molecule has 0 spiro atoms. The number of hydrogen-bond acceptors (Lipinski definition) is 5. The Balaban J connectivity index is 1.67. The fourth-order valence-corrected chi connectivity index (χ4v) is 3.21. The van der Waals surface area contributed by atoms with E-state index in [1.807, 2.05) is 6.07 Å². The average molecular weight is 333 g/mol. The lowest BCUT2D eigenvalue weighted by Crippen LogP contribution is -2.42. The highest BCUT2D eigenvalue weighted by molar-refractivity contribution is 5.87. The summed E-state index contributed by atoms with van der Waals surface area (Å²) in [6.07, 6.45) is 2.47. The van der Waals surface area contributed by atoms with Gasteiger partial charge in [-0.1, -0.05) is 18.2 Å². The Hall–Kier alpha value is -2.54. The summed E-state index contributed by atoms with van der Waals surface area (Å²) in [5.41, 5.74) is 0.826. The maximum atomic E-state index is 12.5. The van der Waals surface area contributed by atoms with Crippen molar-refractivity contribution in [1.82, 2.24) is 5.32 Å². The van der Waals surface area contributed by atoms with Gasteiger partial charge in [-0.25, -0.2) is 0 Å². The number of benzene rings is 1. The second-order valence-corrected chi connectivity index (χ2v) is 5.75. The highest BCUT2D eigenvalue weighted by Gasteiger charge is 2.53. The summed E-state index contributed by atoms with van der Waals surface area (Å²) in [7, 11) is 3.09. The van der Waals surface area contributed by atoms with E-state index in [1.165, 1.54) is 7.11 Å². The number of methoxy groups -OCH3 is 2. The number of amides is 1. The standard InChI is InChI=1S/C17H19NO6/c1-22-10-4-3-9(7-13(10)23-2)8-18-16(19)14-11-5-6-12(24-11)15(14)17(20)21/h3-7,11-12,14-15H,8H2,1-2H3,(H,18,19)(H,20,21)/t11-,12-,14+,15+/m1/s1. The lowest BCUT2D eigenvalue weighted by molar-refractivity contribution is -0.146. The predicted molar refractivity (Wildman–Crippen MR) is 83.8 cm³/mol. The Morgan fingerprint density at radius 3 is 2.42 bits per heavy atom. The van der Waals surface area contributed by atoms with Crippen LogP contribution in [-0.4, -0.2) is 43.4 Å². The minimum Gasteiger partial charge on any atom is -0.493 e. The molecule has 1 saturated heterocycles. The van der Waals surface area contributed by atoms with E-state index in [4.69, 9.17) is 14.2 Å². The summed E-state index contributed by atoms with van der Waals surface area (Å²) >= 11 is 0. The molecular weight excluding hydrogens is 314 g/mol. The lowest BCUT2D eigenvalue weighted by atomic mass is 9.82. The van der Waals surface area contributed by atoms with Crippen LogP contribution in [0.1, 0.15) is 5.56 Å². The number of hydrogen-bond donors (Lipinski definition) is 2. The molecule has 1 fully saturated rings. The molecule has 2 aliphatic rings. The quantitative estimate of drug-likeness (QED) is 0.754. The van der Waals surface area contributed by atoms with E-state index in [2.05, 4.69) is 5.32 Å². The van der Waals surface area contributed by atoms with Crippen molar-refractivity contribution in [2.75, 3.05) is 14.2 Å². The zero-order valence-electron chi connectivity index (χ0n) is 13.4. The normalized spacial score (nSPS) is 27.1. The van der Waals surface area contributed by atoms with Crippen LogP contribution in [0.15, 0.2) is 30.4 Å². The van der Waals surface area contributed by atoms with Gasteiger partial charge in [0.25, 0.3) is 0 Å². The molecule has 0 aliphatic carbocycles. The zero-order chi connectivity index (χ0) is 17.3. The van der Waals surface area contributed by atoms with Crippen LogP contribution in [0, 0.1) is 11.8 Å². The van der Waals surface area contributed by atoms with Crippen molar-refractivity contribution < 1.29 is 28.9 Å². The summed E-state index contributed by atoms with van der Waals surface area (Å²) in [4.78, 5) is 23.9. The minimum absolute atomic E-state index is 0.267. The first-order chi connectivity index (χ1) is 11.5. The molecule has 3 rings (SSSR count). The molecule has 2 N–H and O–H groups in total. The Bertz CT molecular complexity index is 686. The monoisotopic (exact) mass is 333 g/mol. The number of fused-ring (bicyclic) bond motifs is 2. The van der Waals surface area contributed by atoms with Crippen LogP contribution in [-0.2, 0) is 20.9 Å². The van der Waals surface area contributed by atoms with Crippen LogP contribution < -0.4 is 14.8 Å². The molecule has 2 bridgehead atoms. The number of aliphatic carboxylic acids is 1. The fraction of sp³-hybridized carbons (Fsp3) is 0.412. The smallest absolute Gasteiger partial charge is 0.310 e. The second-order valence-electron chi connectivity index (χ2n) is 5.75. The molecule has 7 nitrogen and oxygen atoms in total. The molecule has 0 aromatic heterocycles. The molecule has 24 heavy (non-hydrogen) atoms. The van der Waals surface area contributed by atoms with Crippen LogP contribution in [0.5, 0.6) is 11.5 Å². The number of rotatable bonds is 6. The van der Waals surface area contributed by atoms with Gasteiger partial charge in [0, 0.05) is 6.54 Å². The van der Waals surface area contributed by atoms with E-state index >= 15 is 0 Å². The van der Waals surface area contributed by atoms with Gasteiger partial charge in [0.05, 0.1) is 32.3 Å². The lowest BCUT2D eigenvalue weighted by Gasteiger charge is -2.21. The number of carbonyl (C=O) groups is 2. The SMILES string of the molecule is COc1ccc(CNC(=O)[C@@H]2[C@@H](C(=O)O)[C@H]3C=C[C@H]2O3)cc1OC. The van der Waals surface area contributed by atoms with Crippen LogP contribution in [0.3, 0.4) is 0 Å². The molecule has 128 valence electrons. The number of carboxylic acid groups (broad SMARTS) is 1. The van der Waals surface area contributed by atoms with Gasteiger partial charge in [0.2, 0.25) is 5.91 Å². The van der Waals surface area contributed by atoms with Gasteiger partial charge in [0.15, 0.2) is 11.5 Å². The first-order valence-electron chi connectivity index (χ1n) is 7.60. The van der Waals surface area contributed by atoms with E-state index in [0.29, 0.717) is 11.5 Å². The molecule has 1 aromatic rings. The van der Waals surface area contributed by atoms with Crippen LogP contribution in [0.25, 0.3) is 0 Å². The van der Waals surface area contributed by atoms with E-state index in [0.717, 1.165) is 5.56 Å². The molecule has 0 radical (unpaired) electrons. The van der Waals surface area contributed by atoms with Gasteiger partial charge in [0.1, 0.15) is 5.92 Å². The number of carbonyl (C=O) groups excluding carboxylic acids is 1. The summed E-state index contributed by atoms with van der Waals surface area (Å²) in [5, 5.41) is 12.1. The topological polar surface area (TPSA) is 94.1 Å². The van der Waals surface area contributed by atoms with Gasteiger partial charge in [-0.3, -0.25) is 9.59 Å². The molecule has 1 aromatic carbocycles. The number of nitrogens with one attached hydrogen (secondary N) is 1. The minimum atomic E-state index is -1.02. The Labute approximate surface area is 139 Å². The van der Waals surface area contributed by atoms with Gasteiger partial charge in [-0.05, 0) is 17.7 Å². The van der Waals surface area contributed by atoms with E-state index in [1.54, 1.807) is 31.4 Å². The van der Waals surface area contributed by atoms with Gasteiger partial charge >= 0.3 is 5.97 Å². The summed E-state index contributed by atoms with van der Waals surface area (Å²) in [6, 6.07) is 5.34. The molecule has 4 atom stereocenters. The Morgan fingerprint density at radius 1 is 1.12 bits per heavy atom. The summed E-state index contributed by atoms with van der Waals surface area (Å²) in [6.45, 7) is 0.267. The van der Waals surface area contributed by atoms with Gasteiger partial charge in [-0.15, -0.1) is 0 Å². The Morgan fingerprint density at radius 2 is 1.79 bits per heavy atom. The molecule has 2 aliphatic heterocycles. The van der Waals surface area contributed by atoms with Crippen molar-refractivity contribution in [1.29, 1.82) is 0 Å². The van der Waals surface area contributed by atoms with E-state index < -0.39 is 30.0 Å². The highest BCUT2D eigenvalue weighted by Crippen LogP contribution is 2.39. The zero-order valence-corrected chi connectivity index (χ0v) is 13.4. The molecule has 0 unspecified atom stereocenters. The van der Waals surface area contributed by atoms with Crippen LogP contribution >= 0.6 is 0 Å². The third kappa shape index (κ3) is 2.82. The van der Waals surface area contributed by atoms with Gasteiger partial charge < -0.3 is 24.6 Å². The van der Waals surface area contributed by atoms with Crippen molar-refractivity contribution in [3.8, 4) is 11.5 Å². The first-order valence-corrected chi connectivity index (χ1v) is 7.60. The molecule has 1 amide bonds. The van der Waals surface area contributed by atoms with Gasteiger partial charge in [-0.2, -0.15) is 0 Å². The first kappa shape index (κ1) is 16.3. The van der Waals surface area contributed by atoms with E-state index in [-0.39, 0.29) is 12.5 Å². The van der Waals surface area contributed by atoms with Crippen LogP contribution in [0.2, 0.25) is 0 Å². The Kier molecular flexibility index (Phi) is 4.44. The fourth-order valence-electron chi connectivity index (χ4n) is 3.21.